The van der Waals surface area contributed by atoms with Gasteiger partial charge in [-0.05, 0) is 45.6 Å². The third-order valence-electron chi connectivity index (χ3n) is 5.49. The van der Waals surface area contributed by atoms with Crippen LogP contribution in [0.3, 0.4) is 0 Å². The van der Waals surface area contributed by atoms with E-state index < -0.39 is 29.7 Å². The molecule has 1 aliphatic rings. The lowest BCUT2D eigenvalue weighted by Gasteiger charge is -2.35. The number of aromatic amines is 1. The minimum Gasteiger partial charge on any atom is -0.444 e. The largest absolute Gasteiger partial charge is 0.444 e. The fraction of sp³-hybridized carbons (Fsp3) is 0.455. The average molecular weight is 445 g/mol. The number of aromatic nitrogens is 4. The van der Waals surface area contributed by atoms with Gasteiger partial charge in [-0.2, -0.15) is 5.10 Å². The topological polar surface area (TPSA) is 102 Å². The SMILES string of the molecule is CC(C)(C)OC(=O)N[C@H](c1nc2cccc(C(F)F)c2c(=O)n1-c1ccn[nH]1)C1CCC1. The number of hydrogen-bond donors (Lipinski definition) is 2. The number of amides is 1. The number of alkyl halides is 2. The van der Waals surface area contributed by atoms with E-state index in [1.54, 1.807) is 26.8 Å². The molecular weight excluding hydrogens is 420 g/mol. The maximum Gasteiger partial charge on any atom is 0.408 e. The number of alkyl carbamates (subject to hydrolysis) is 1. The molecule has 3 aromatic rings. The quantitative estimate of drug-likeness (QED) is 0.606. The average Bonchev–Trinajstić information content (AvgIpc) is 3.18. The van der Waals surface area contributed by atoms with E-state index in [0.717, 1.165) is 19.3 Å². The van der Waals surface area contributed by atoms with E-state index in [1.165, 1.54) is 29.0 Å². The van der Waals surface area contributed by atoms with Crippen LogP contribution >= 0.6 is 0 Å². The molecule has 1 atom stereocenters. The van der Waals surface area contributed by atoms with E-state index in [1.807, 2.05) is 0 Å². The number of H-pyrrole nitrogens is 1. The van der Waals surface area contributed by atoms with Crippen molar-refractivity contribution in [2.45, 2.75) is 58.1 Å². The van der Waals surface area contributed by atoms with Gasteiger partial charge in [-0.1, -0.05) is 18.6 Å². The van der Waals surface area contributed by atoms with Gasteiger partial charge in [0.05, 0.1) is 23.1 Å². The summed E-state index contributed by atoms with van der Waals surface area (Å²) in [4.78, 5) is 30.7. The predicted octanol–water partition coefficient (Wildman–Crippen LogP) is 4.41. The van der Waals surface area contributed by atoms with Crippen molar-refractivity contribution in [1.29, 1.82) is 0 Å². The molecular formula is C22H25F2N5O3. The van der Waals surface area contributed by atoms with Crippen molar-refractivity contribution < 1.29 is 18.3 Å². The zero-order valence-electron chi connectivity index (χ0n) is 18.1. The molecule has 0 spiro atoms. The number of nitrogens with zero attached hydrogens (tertiary/aromatic N) is 3. The highest BCUT2D eigenvalue weighted by atomic mass is 19.3. The number of nitrogens with one attached hydrogen (secondary N) is 2. The number of carbonyl (C=O) groups is 1. The van der Waals surface area contributed by atoms with Gasteiger partial charge in [0.2, 0.25) is 0 Å². The molecule has 0 unspecified atom stereocenters. The first-order chi connectivity index (χ1) is 15.2. The molecule has 1 aromatic carbocycles. The van der Waals surface area contributed by atoms with Crippen LogP contribution in [-0.4, -0.2) is 31.4 Å². The minimum atomic E-state index is -2.84. The van der Waals surface area contributed by atoms with Crippen molar-refractivity contribution >= 4 is 17.0 Å². The summed E-state index contributed by atoms with van der Waals surface area (Å²) in [6, 6.07) is 5.09. The molecule has 1 fully saturated rings. The fourth-order valence-electron chi connectivity index (χ4n) is 3.87. The molecule has 1 saturated carbocycles. The third-order valence-corrected chi connectivity index (χ3v) is 5.49. The van der Waals surface area contributed by atoms with Gasteiger partial charge in [0.25, 0.3) is 12.0 Å². The fourth-order valence-corrected chi connectivity index (χ4v) is 3.87. The predicted molar refractivity (Wildman–Crippen MR) is 114 cm³/mol. The molecule has 2 aromatic heterocycles. The second-order valence-electron chi connectivity index (χ2n) is 8.91. The van der Waals surface area contributed by atoms with Crippen LogP contribution in [0, 0.1) is 5.92 Å². The number of hydrogen-bond acceptors (Lipinski definition) is 5. The van der Waals surface area contributed by atoms with Crippen LogP contribution in [0.5, 0.6) is 0 Å². The maximum absolute atomic E-state index is 13.7. The number of rotatable bonds is 5. The van der Waals surface area contributed by atoms with E-state index in [-0.39, 0.29) is 34.0 Å². The molecule has 170 valence electrons. The van der Waals surface area contributed by atoms with Crippen molar-refractivity contribution in [3.05, 3.63) is 52.2 Å². The Labute approximate surface area is 183 Å². The Hall–Kier alpha value is -3.30. The molecule has 4 rings (SSSR count). The standard InChI is InChI=1S/C22H25F2N5O3/c1-22(2,3)32-21(31)27-17(12-6-4-7-12)19-26-14-9-5-8-13(18(23)24)16(14)20(30)29(19)15-10-11-25-28-15/h5,8-12,17-18H,4,6-7H2,1-3H3,(H,25,28)(H,27,31)/t17-/m0/s1. The first-order valence-electron chi connectivity index (χ1n) is 10.5. The molecule has 2 heterocycles. The molecule has 0 bridgehead atoms. The van der Waals surface area contributed by atoms with Crippen LogP contribution < -0.4 is 10.9 Å². The van der Waals surface area contributed by atoms with Crippen LogP contribution in [0.1, 0.15) is 63.9 Å². The van der Waals surface area contributed by atoms with Crippen molar-refractivity contribution in [3.8, 4) is 5.82 Å². The highest BCUT2D eigenvalue weighted by Gasteiger charge is 2.35. The zero-order valence-corrected chi connectivity index (χ0v) is 18.1. The van der Waals surface area contributed by atoms with Crippen LogP contribution in [0.4, 0.5) is 13.6 Å². The second-order valence-corrected chi connectivity index (χ2v) is 8.91. The number of halogens is 2. The van der Waals surface area contributed by atoms with Gasteiger partial charge < -0.3 is 10.1 Å². The zero-order chi connectivity index (χ0) is 23.0. The Bertz CT molecular complexity index is 1180. The highest BCUT2D eigenvalue weighted by Crippen LogP contribution is 2.38. The van der Waals surface area contributed by atoms with E-state index in [9.17, 15) is 18.4 Å². The van der Waals surface area contributed by atoms with Crippen LogP contribution in [0.25, 0.3) is 16.7 Å². The molecule has 8 nitrogen and oxygen atoms in total. The number of benzene rings is 1. The number of carbonyl (C=O) groups excluding carboxylic acids is 1. The normalized spacial score (nSPS) is 15.6. The minimum absolute atomic E-state index is 0.0271. The summed E-state index contributed by atoms with van der Waals surface area (Å²) >= 11 is 0. The van der Waals surface area contributed by atoms with E-state index in [2.05, 4.69) is 20.5 Å². The van der Waals surface area contributed by atoms with Gasteiger partial charge in [0.15, 0.2) is 0 Å². The van der Waals surface area contributed by atoms with Crippen molar-refractivity contribution in [2.24, 2.45) is 5.92 Å². The first-order valence-corrected chi connectivity index (χ1v) is 10.5. The summed E-state index contributed by atoms with van der Waals surface area (Å²) in [7, 11) is 0. The molecule has 0 saturated heterocycles. The Morgan fingerprint density at radius 2 is 2.03 bits per heavy atom. The monoisotopic (exact) mass is 445 g/mol. The molecule has 0 aliphatic heterocycles. The molecule has 0 radical (unpaired) electrons. The van der Waals surface area contributed by atoms with Gasteiger partial charge in [-0.25, -0.2) is 23.1 Å². The lowest BCUT2D eigenvalue weighted by Crippen LogP contribution is -2.42. The number of ether oxygens (including phenoxy) is 1. The highest BCUT2D eigenvalue weighted by molar-refractivity contribution is 5.82. The second kappa shape index (κ2) is 8.33. The van der Waals surface area contributed by atoms with Crippen LogP contribution in [0.15, 0.2) is 35.3 Å². The van der Waals surface area contributed by atoms with Gasteiger partial charge in [0.1, 0.15) is 17.2 Å². The van der Waals surface area contributed by atoms with Crippen LogP contribution in [0.2, 0.25) is 0 Å². The number of fused-ring (bicyclic) bond motifs is 1. The van der Waals surface area contributed by atoms with Gasteiger partial charge in [0, 0.05) is 11.6 Å². The van der Waals surface area contributed by atoms with E-state index >= 15 is 0 Å². The van der Waals surface area contributed by atoms with Crippen molar-refractivity contribution in [3.63, 3.8) is 0 Å². The Morgan fingerprint density at radius 1 is 1.28 bits per heavy atom. The third kappa shape index (κ3) is 4.21. The van der Waals surface area contributed by atoms with Crippen LogP contribution in [-0.2, 0) is 4.74 Å². The van der Waals surface area contributed by atoms with Gasteiger partial charge in [-0.15, -0.1) is 0 Å². The van der Waals surface area contributed by atoms with Crippen molar-refractivity contribution in [1.82, 2.24) is 25.1 Å². The maximum atomic E-state index is 13.7. The van der Waals surface area contributed by atoms with E-state index in [4.69, 9.17) is 4.74 Å². The Morgan fingerprint density at radius 3 is 2.59 bits per heavy atom. The van der Waals surface area contributed by atoms with Gasteiger partial charge >= 0.3 is 6.09 Å². The van der Waals surface area contributed by atoms with Crippen molar-refractivity contribution in [2.75, 3.05) is 0 Å². The smallest absolute Gasteiger partial charge is 0.408 e. The first kappa shape index (κ1) is 21.9. The summed E-state index contributed by atoms with van der Waals surface area (Å²) in [6.45, 7) is 5.27. The summed E-state index contributed by atoms with van der Waals surface area (Å²) < 4.78 is 34.0. The summed E-state index contributed by atoms with van der Waals surface area (Å²) in [5, 5.41) is 9.30. The summed E-state index contributed by atoms with van der Waals surface area (Å²) in [5.41, 5.74) is -1.60. The molecule has 2 N–H and O–H groups in total. The van der Waals surface area contributed by atoms with E-state index in [0.29, 0.717) is 0 Å². The Balaban J connectivity index is 1.92. The molecule has 1 aliphatic carbocycles. The summed E-state index contributed by atoms with van der Waals surface area (Å²) in [6.07, 6.45) is 0.615. The summed E-state index contributed by atoms with van der Waals surface area (Å²) in [5.74, 6) is 0.548. The lowest BCUT2D eigenvalue weighted by molar-refractivity contribution is 0.0458. The lowest BCUT2D eigenvalue weighted by atomic mass is 9.79. The van der Waals surface area contributed by atoms with Gasteiger partial charge in [-0.3, -0.25) is 9.89 Å². The molecule has 32 heavy (non-hydrogen) atoms. The molecule has 1 amide bonds. The molecule has 10 heteroatoms. The Kier molecular flexibility index (Phi) is 5.70.